The Morgan fingerprint density at radius 2 is 1.86 bits per heavy atom. The van der Waals surface area contributed by atoms with E-state index in [1.54, 1.807) is 0 Å². The van der Waals surface area contributed by atoms with Gasteiger partial charge in [0, 0.05) is 5.69 Å². The van der Waals surface area contributed by atoms with E-state index in [0.29, 0.717) is 5.11 Å². The first-order valence-electron chi connectivity index (χ1n) is 7.04. The minimum Gasteiger partial charge on any atom is -0.356 e. The van der Waals surface area contributed by atoms with Crippen LogP contribution in [0, 0.1) is 20.8 Å². The summed E-state index contributed by atoms with van der Waals surface area (Å²) in [5.41, 5.74) is 4.78. The van der Waals surface area contributed by atoms with Crippen molar-refractivity contribution in [3.8, 4) is 0 Å². The van der Waals surface area contributed by atoms with Crippen LogP contribution in [0.4, 0.5) is 5.82 Å². The maximum absolute atomic E-state index is 5.35. The Kier molecular flexibility index (Phi) is 4.91. The molecule has 0 fully saturated rings. The fourth-order valence-corrected chi connectivity index (χ4v) is 2.36. The zero-order valence-electron chi connectivity index (χ0n) is 12.9. The van der Waals surface area contributed by atoms with Gasteiger partial charge in [0.25, 0.3) is 0 Å². The van der Waals surface area contributed by atoms with Gasteiger partial charge in [0.2, 0.25) is 0 Å². The minimum atomic E-state index is 0.147. The lowest BCUT2D eigenvalue weighted by atomic mass is 10.0. The summed E-state index contributed by atoms with van der Waals surface area (Å²) in [4.78, 5) is 4.38. The minimum absolute atomic E-state index is 0.147. The fraction of sp³-hybridized carbons (Fsp3) is 0.294. The molecule has 1 aromatic heterocycles. The molecular formula is C17H21N3S. The second kappa shape index (κ2) is 6.68. The van der Waals surface area contributed by atoms with Gasteiger partial charge in [-0.1, -0.05) is 24.3 Å². The van der Waals surface area contributed by atoms with E-state index >= 15 is 0 Å². The van der Waals surface area contributed by atoms with E-state index in [2.05, 4.69) is 54.6 Å². The molecule has 0 aliphatic rings. The molecule has 1 atom stereocenters. The lowest BCUT2D eigenvalue weighted by Gasteiger charge is -2.18. The van der Waals surface area contributed by atoms with Crippen molar-refractivity contribution in [2.24, 2.45) is 0 Å². The van der Waals surface area contributed by atoms with Gasteiger partial charge >= 0.3 is 0 Å². The number of anilines is 1. The van der Waals surface area contributed by atoms with Crippen molar-refractivity contribution in [2.75, 3.05) is 5.32 Å². The molecule has 0 saturated heterocycles. The summed E-state index contributed by atoms with van der Waals surface area (Å²) in [6.07, 6.45) is 0. The Labute approximate surface area is 131 Å². The molecule has 0 amide bonds. The van der Waals surface area contributed by atoms with Crippen LogP contribution in [0.25, 0.3) is 0 Å². The number of hydrogen-bond donors (Lipinski definition) is 2. The third-order valence-electron chi connectivity index (χ3n) is 3.51. The Hall–Kier alpha value is -1.94. The topological polar surface area (TPSA) is 37.0 Å². The summed E-state index contributed by atoms with van der Waals surface area (Å²) in [5, 5.41) is 6.99. The van der Waals surface area contributed by atoms with Crippen molar-refractivity contribution in [1.29, 1.82) is 0 Å². The van der Waals surface area contributed by atoms with E-state index in [-0.39, 0.29) is 6.04 Å². The summed E-state index contributed by atoms with van der Waals surface area (Å²) < 4.78 is 0. The van der Waals surface area contributed by atoms with Crippen LogP contribution in [0.2, 0.25) is 0 Å². The molecule has 0 bridgehead atoms. The maximum atomic E-state index is 5.35. The van der Waals surface area contributed by atoms with E-state index < -0.39 is 0 Å². The van der Waals surface area contributed by atoms with Crippen molar-refractivity contribution < 1.29 is 0 Å². The van der Waals surface area contributed by atoms with Crippen LogP contribution in [0.3, 0.4) is 0 Å². The van der Waals surface area contributed by atoms with E-state index in [0.717, 1.165) is 11.5 Å². The number of thiocarbonyl (C=S) groups is 1. The average Bonchev–Trinajstić information content (AvgIpc) is 2.41. The molecule has 4 heteroatoms. The molecule has 2 N–H and O–H groups in total. The normalized spacial score (nSPS) is 11.8. The highest BCUT2D eigenvalue weighted by molar-refractivity contribution is 7.80. The lowest BCUT2D eigenvalue weighted by Crippen LogP contribution is -2.31. The smallest absolute Gasteiger partial charge is 0.172 e. The first-order valence-corrected chi connectivity index (χ1v) is 7.45. The SMILES string of the molecule is Cc1cccc(NC(=S)NC(C)c2ccc(C)c(C)c2)n1. The van der Waals surface area contributed by atoms with Gasteiger partial charge in [0.15, 0.2) is 5.11 Å². The van der Waals surface area contributed by atoms with Crippen LogP contribution in [-0.2, 0) is 0 Å². The number of pyridine rings is 1. The Bertz CT molecular complexity index is 652. The molecule has 0 radical (unpaired) electrons. The van der Waals surface area contributed by atoms with Gasteiger partial charge in [-0.2, -0.15) is 0 Å². The molecule has 1 unspecified atom stereocenters. The molecule has 1 heterocycles. The summed E-state index contributed by atoms with van der Waals surface area (Å²) in [6.45, 7) is 8.30. The van der Waals surface area contributed by atoms with Crippen LogP contribution < -0.4 is 10.6 Å². The quantitative estimate of drug-likeness (QED) is 0.838. The molecule has 0 aliphatic carbocycles. The molecule has 2 aromatic rings. The van der Waals surface area contributed by atoms with Crippen molar-refractivity contribution >= 4 is 23.1 Å². The molecule has 0 saturated carbocycles. The fourth-order valence-electron chi connectivity index (χ4n) is 2.08. The number of nitrogens with zero attached hydrogens (tertiary/aromatic N) is 1. The van der Waals surface area contributed by atoms with Gasteiger partial charge in [-0.3, -0.25) is 0 Å². The number of rotatable bonds is 3. The first kappa shape index (κ1) is 15.4. The average molecular weight is 299 g/mol. The summed E-state index contributed by atoms with van der Waals surface area (Å²) in [6, 6.07) is 12.4. The third-order valence-corrected chi connectivity index (χ3v) is 3.73. The van der Waals surface area contributed by atoms with Crippen LogP contribution in [0.15, 0.2) is 36.4 Å². The van der Waals surface area contributed by atoms with Gasteiger partial charge in [-0.05, 0) is 68.7 Å². The molecule has 110 valence electrons. The van der Waals surface area contributed by atoms with Crippen LogP contribution in [0.5, 0.6) is 0 Å². The predicted molar refractivity (Wildman–Crippen MR) is 92.7 cm³/mol. The van der Waals surface area contributed by atoms with Crippen molar-refractivity contribution in [2.45, 2.75) is 33.7 Å². The second-order valence-electron chi connectivity index (χ2n) is 5.33. The van der Waals surface area contributed by atoms with Gasteiger partial charge in [-0.15, -0.1) is 0 Å². The Balaban J connectivity index is 2.00. The Morgan fingerprint density at radius 3 is 2.52 bits per heavy atom. The zero-order chi connectivity index (χ0) is 15.4. The molecule has 0 spiro atoms. The molecule has 3 nitrogen and oxygen atoms in total. The predicted octanol–water partition coefficient (Wildman–Crippen LogP) is 4.05. The van der Waals surface area contributed by atoms with Gasteiger partial charge in [-0.25, -0.2) is 4.98 Å². The van der Waals surface area contributed by atoms with Crippen molar-refractivity contribution in [3.05, 3.63) is 58.8 Å². The van der Waals surface area contributed by atoms with Crippen molar-refractivity contribution in [1.82, 2.24) is 10.3 Å². The number of aromatic nitrogens is 1. The first-order chi connectivity index (χ1) is 9.95. The van der Waals surface area contributed by atoms with Crippen LogP contribution >= 0.6 is 12.2 Å². The summed E-state index contributed by atoms with van der Waals surface area (Å²) >= 11 is 5.35. The number of aryl methyl sites for hydroxylation is 3. The third kappa shape index (κ3) is 4.26. The molecular weight excluding hydrogens is 278 g/mol. The van der Waals surface area contributed by atoms with Gasteiger partial charge in [0.05, 0.1) is 6.04 Å². The van der Waals surface area contributed by atoms with E-state index in [1.165, 1.54) is 16.7 Å². The van der Waals surface area contributed by atoms with E-state index in [4.69, 9.17) is 12.2 Å². The highest BCUT2D eigenvalue weighted by atomic mass is 32.1. The van der Waals surface area contributed by atoms with Crippen LogP contribution in [0.1, 0.15) is 35.3 Å². The van der Waals surface area contributed by atoms with Crippen molar-refractivity contribution in [3.63, 3.8) is 0 Å². The molecule has 2 rings (SSSR count). The summed E-state index contributed by atoms with van der Waals surface area (Å²) in [7, 11) is 0. The van der Waals surface area contributed by atoms with E-state index in [9.17, 15) is 0 Å². The van der Waals surface area contributed by atoms with Gasteiger partial charge < -0.3 is 10.6 Å². The van der Waals surface area contributed by atoms with Gasteiger partial charge in [0.1, 0.15) is 5.82 Å². The standard InChI is InChI=1S/C17H21N3S/c1-11-8-9-15(10-12(11)2)14(4)19-17(21)20-16-7-5-6-13(3)18-16/h5-10,14H,1-4H3,(H2,18,19,20,21). The molecule has 21 heavy (non-hydrogen) atoms. The Morgan fingerprint density at radius 1 is 1.10 bits per heavy atom. The van der Waals surface area contributed by atoms with Crippen LogP contribution in [-0.4, -0.2) is 10.1 Å². The lowest BCUT2D eigenvalue weighted by molar-refractivity contribution is 0.721. The molecule has 0 aliphatic heterocycles. The zero-order valence-corrected chi connectivity index (χ0v) is 13.7. The monoisotopic (exact) mass is 299 g/mol. The second-order valence-corrected chi connectivity index (χ2v) is 5.74. The maximum Gasteiger partial charge on any atom is 0.172 e. The highest BCUT2D eigenvalue weighted by Gasteiger charge is 2.08. The number of benzene rings is 1. The summed E-state index contributed by atoms with van der Waals surface area (Å²) in [5.74, 6) is 0.764. The highest BCUT2D eigenvalue weighted by Crippen LogP contribution is 2.17. The number of nitrogens with one attached hydrogen (secondary N) is 2. The van der Waals surface area contributed by atoms with E-state index in [1.807, 2.05) is 25.1 Å². The largest absolute Gasteiger partial charge is 0.356 e. The molecule has 1 aromatic carbocycles. The number of hydrogen-bond acceptors (Lipinski definition) is 2.